The van der Waals surface area contributed by atoms with Crippen molar-refractivity contribution in [1.82, 2.24) is 15.5 Å². The van der Waals surface area contributed by atoms with Crippen LogP contribution in [-0.2, 0) is 11.4 Å². The molecular formula is C21H24ClN3O3S. The van der Waals surface area contributed by atoms with Crippen LogP contribution in [0.25, 0.3) is 0 Å². The standard InChI is InChI=1S/C21H24ClN3O3S/c22-16-3-1-2-4-17(16)27-11-19-24-25-20(28-19)29-12-18(26)23-21-8-13-5-14(9-21)7-15(6-13)10-21/h1-4,13-15H,5-12H2,(H,23,26). The summed E-state index contributed by atoms with van der Waals surface area (Å²) >= 11 is 7.34. The number of rotatable bonds is 7. The van der Waals surface area contributed by atoms with Crippen LogP contribution in [0.2, 0.25) is 5.02 Å². The Morgan fingerprint density at radius 2 is 1.86 bits per heavy atom. The molecule has 4 fully saturated rings. The van der Waals surface area contributed by atoms with Gasteiger partial charge in [0.1, 0.15) is 5.75 Å². The lowest BCUT2D eigenvalue weighted by Gasteiger charge is -2.56. The molecule has 4 aliphatic carbocycles. The number of hydrogen-bond donors (Lipinski definition) is 1. The summed E-state index contributed by atoms with van der Waals surface area (Å²) in [6.07, 6.45) is 7.55. The number of para-hydroxylation sites is 1. The minimum Gasteiger partial charge on any atom is -0.482 e. The molecule has 0 atom stereocenters. The molecule has 1 aromatic carbocycles. The number of aromatic nitrogens is 2. The van der Waals surface area contributed by atoms with E-state index in [4.69, 9.17) is 20.8 Å². The molecule has 1 amide bonds. The largest absolute Gasteiger partial charge is 0.482 e. The molecule has 1 aromatic heterocycles. The second kappa shape index (κ2) is 7.84. The van der Waals surface area contributed by atoms with Crippen LogP contribution in [0, 0.1) is 17.8 Å². The number of thioether (sulfide) groups is 1. The van der Waals surface area contributed by atoms with Crippen molar-refractivity contribution in [2.45, 2.75) is 55.9 Å². The minimum atomic E-state index is 0.0369. The average Bonchev–Trinajstić information content (AvgIpc) is 3.12. The normalized spacial score (nSPS) is 29.8. The van der Waals surface area contributed by atoms with Gasteiger partial charge in [-0.15, -0.1) is 10.2 Å². The predicted molar refractivity (Wildman–Crippen MR) is 110 cm³/mol. The lowest BCUT2D eigenvalue weighted by atomic mass is 9.53. The van der Waals surface area contributed by atoms with Gasteiger partial charge < -0.3 is 14.5 Å². The van der Waals surface area contributed by atoms with E-state index >= 15 is 0 Å². The zero-order valence-corrected chi connectivity index (χ0v) is 17.7. The van der Waals surface area contributed by atoms with Gasteiger partial charge in [-0.05, 0) is 68.4 Å². The van der Waals surface area contributed by atoms with Crippen molar-refractivity contribution in [3.05, 3.63) is 35.2 Å². The van der Waals surface area contributed by atoms with E-state index in [2.05, 4.69) is 15.5 Å². The molecule has 0 aliphatic heterocycles. The van der Waals surface area contributed by atoms with Crippen molar-refractivity contribution in [3.63, 3.8) is 0 Å². The molecule has 2 aromatic rings. The highest BCUT2D eigenvalue weighted by molar-refractivity contribution is 7.99. The van der Waals surface area contributed by atoms with Gasteiger partial charge in [-0.2, -0.15) is 0 Å². The SMILES string of the molecule is O=C(CSc1nnc(COc2ccccc2Cl)o1)NC12CC3CC(CC(C3)C1)C2. The highest BCUT2D eigenvalue weighted by Gasteiger charge is 2.51. The van der Waals surface area contributed by atoms with E-state index in [1.165, 1.54) is 31.0 Å². The lowest BCUT2D eigenvalue weighted by Crippen LogP contribution is -2.60. The van der Waals surface area contributed by atoms with E-state index in [-0.39, 0.29) is 23.8 Å². The number of nitrogens with one attached hydrogen (secondary N) is 1. The molecule has 6 rings (SSSR count). The Bertz CT molecular complexity index is 868. The third kappa shape index (κ3) is 4.26. The third-order valence-corrected chi connectivity index (χ3v) is 7.54. The van der Waals surface area contributed by atoms with E-state index in [1.54, 1.807) is 12.1 Å². The molecule has 0 radical (unpaired) electrons. The van der Waals surface area contributed by atoms with Crippen LogP contribution in [0.1, 0.15) is 44.4 Å². The number of hydrogen-bond acceptors (Lipinski definition) is 6. The Morgan fingerprint density at radius 1 is 1.17 bits per heavy atom. The van der Waals surface area contributed by atoms with Crippen LogP contribution in [0.5, 0.6) is 5.75 Å². The molecular weight excluding hydrogens is 410 g/mol. The maximum absolute atomic E-state index is 12.6. The minimum absolute atomic E-state index is 0.0369. The fourth-order valence-corrected chi connectivity index (χ4v) is 6.55. The molecule has 6 nitrogen and oxygen atoms in total. The Hall–Kier alpha value is -1.73. The zero-order chi connectivity index (χ0) is 19.8. The van der Waals surface area contributed by atoms with Gasteiger partial charge in [0.2, 0.25) is 5.91 Å². The number of carbonyl (C=O) groups excluding carboxylic acids is 1. The molecule has 0 spiro atoms. The van der Waals surface area contributed by atoms with Crippen molar-refractivity contribution in [2.24, 2.45) is 17.8 Å². The van der Waals surface area contributed by atoms with Gasteiger partial charge in [0.15, 0.2) is 6.61 Å². The first kappa shape index (κ1) is 19.2. The Balaban J connectivity index is 1.11. The number of benzene rings is 1. The summed E-state index contributed by atoms with van der Waals surface area (Å²) in [5, 5.41) is 12.3. The van der Waals surface area contributed by atoms with Gasteiger partial charge in [-0.1, -0.05) is 35.5 Å². The highest BCUT2D eigenvalue weighted by Crippen LogP contribution is 2.55. The summed E-state index contributed by atoms with van der Waals surface area (Å²) in [6, 6.07) is 7.22. The first-order valence-corrected chi connectivity index (χ1v) is 11.6. The fraction of sp³-hybridized carbons (Fsp3) is 0.571. The maximum atomic E-state index is 12.6. The number of amides is 1. The van der Waals surface area contributed by atoms with Gasteiger partial charge in [0, 0.05) is 5.54 Å². The van der Waals surface area contributed by atoms with E-state index in [0.717, 1.165) is 37.0 Å². The molecule has 29 heavy (non-hydrogen) atoms. The van der Waals surface area contributed by atoms with Crippen molar-refractivity contribution in [1.29, 1.82) is 0 Å². The summed E-state index contributed by atoms with van der Waals surface area (Å²) in [4.78, 5) is 12.6. The van der Waals surface area contributed by atoms with Crippen molar-refractivity contribution in [3.8, 4) is 5.75 Å². The van der Waals surface area contributed by atoms with Crippen molar-refractivity contribution >= 4 is 29.3 Å². The molecule has 0 saturated heterocycles. The Kier molecular flexibility index (Phi) is 5.20. The number of nitrogens with zero attached hydrogens (tertiary/aromatic N) is 2. The van der Waals surface area contributed by atoms with E-state index < -0.39 is 0 Å². The first-order chi connectivity index (χ1) is 14.1. The van der Waals surface area contributed by atoms with E-state index in [0.29, 0.717) is 21.9 Å². The molecule has 1 heterocycles. The average molecular weight is 434 g/mol. The molecule has 4 aliphatic rings. The van der Waals surface area contributed by atoms with Gasteiger partial charge >= 0.3 is 0 Å². The first-order valence-electron chi connectivity index (χ1n) is 10.2. The predicted octanol–water partition coefficient (Wildman–Crippen LogP) is 4.48. The summed E-state index contributed by atoms with van der Waals surface area (Å²) in [6.45, 7) is 0.136. The molecule has 154 valence electrons. The molecule has 4 saturated carbocycles. The Labute approximate surface area is 179 Å². The van der Waals surface area contributed by atoms with Crippen LogP contribution in [0.3, 0.4) is 0 Å². The van der Waals surface area contributed by atoms with Crippen molar-refractivity contribution in [2.75, 3.05) is 5.75 Å². The van der Waals surface area contributed by atoms with Crippen LogP contribution in [0.15, 0.2) is 33.9 Å². The zero-order valence-electron chi connectivity index (χ0n) is 16.1. The summed E-state index contributed by atoms with van der Waals surface area (Å²) < 4.78 is 11.2. The topological polar surface area (TPSA) is 77.2 Å². The second-order valence-electron chi connectivity index (χ2n) is 8.72. The van der Waals surface area contributed by atoms with Gasteiger partial charge in [0.05, 0.1) is 10.8 Å². The van der Waals surface area contributed by atoms with Gasteiger partial charge in [-0.3, -0.25) is 4.79 Å². The highest BCUT2D eigenvalue weighted by atomic mass is 35.5. The number of halogens is 1. The van der Waals surface area contributed by atoms with Crippen LogP contribution >= 0.6 is 23.4 Å². The summed E-state index contributed by atoms with van der Waals surface area (Å²) in [5.41, 5.74) is 0.0369. The van der Waals surface area contributed by atoms with Gasteiger partial charge in [-0.25, -0.2) is 0 Å². The molecule has 8 heteroatoms. The lowest BCUT2D eigenvalue weighted by molar-refractivity contribution is -0.124. The monoisotopic (exact) mass is 433 g/mol. The molecule has 1 N–H and O–H groups in total. The smallest absolute Gasteiger partial charge is 0.277 e. The number of ether oxygens (including phenoxy) is 1. The van der Waals surface area contributed by atoms with E-state index in [1.807, 2.05) is 12.1 Å². The van der Waals surface area contributed by atoms with Crippen LogP contribution in [0.4, 0.5) is 0 Å². The Morgan fingerprint density at radius 3 is 2.55 bits per heavy atom. The quantitative estimate of drug-likeness (QED) is 0.648. The summed E-state index contributed by atoms with van der Waals surface area (Å²) in [5.74, 6) is 3.70. The van der Waals surface area contributed by atoms with Gasteiger partial charge in [0.25, 0.3) is 11.1 Å². The number of carbonyl (C=O) groups is 1. The van der Waals surface area contributed by atoms with Crippen LogP contribution in [-0.4, -0.2) is 27.4 Å². The molecule has 4 bridgehead atoms. The van der Waals surface area contributed by atoms with E-state index in [9.17, 15) is 4.79 Å². The van der Waals surface area contributed by atoms with Crippen molar-refractivity contribution < 1.29 is 13.9 Å². The van der Waals surface area contributed by atoms with Crippen LogP contribution < -0.4 is 10.1 Å². The maximum Gasteiger partial charge on any atom is 0.277 e. The third-order valence-electron chi connectivity index (χ3n) is 6.41. The molecule has 0 unspecified atom stereocenters. The summed E-state index contributed by atoms with van der Waals surface area (Å²) in [7, 11) is 0. The second-order valence-corrected chi connectivity index (χ2v) is 10.0. The fourth-order valence-electron chi connectivity index (χ4n) is 5.78.